The number of aryl methyl sites for hydroxylation is 1. The molecule has 0 saturated carbocycles. The average Bonchev–Trinajstić information content (AvgIpc) is 2.57. The van der Waals surface area contributed by atoms with Crippen molar-refractivity contribution in [2.45, 2.75) is 26.8 Å². The number of hydrogen-bond acceptors (Lipinski definition) is 5. The highest BCUT2D eigenvalue weighted by Gasteiger charge is 2.13. The van der Waals surface area contributed by atoms with Gasteiger partial charge in [-0.25, -0.2) is 4.68 Å². The number of hydrogen-bond donors (Lipinski definition) is 1. The van der Waals surface area contributed by atoms with Gasteiger partial charge in [-0.2, -0.15) is 0 Å². The first-order valence-corrected chi connectivity index (χ1v) is 4.91. The Morgan fingerprint density at radius 2 is 2.19 bits per heavy atom. The Morgan fingerprint density at radius 3 is 2.69 bits per heavy atom. The van der Waals surface area contributed by atoms with E-state index < -0.39 is 5.91 Å². The van der Waals surface area contributed by atoms with Crippen LogP contribution in [-0.4, -0.2) is 33.5 Å². The largest absolute Gasteiger partial charge is 0.466 e. The van der Waals surface area contributed by atoms with Gasteiger partial charge in [0.15, 0.2) is 5.69 Å². The van der Waals surface area contributed by atoms with Crippen molar-refractivity contribution in [3.63, 3.8) is 0 Å². The third kappa shape index (κ3) is 2.78. The molecule has 7 nitrogen and oxygen atoms in total. The number of nitrogens with two attached hydrogens (primary N) is 1. The van der Waals surface area contributed by atoms with E-state index in [-0.39, 0.29) is 18.1 Å². The summed E-state index contributed by atoms with van der Waals surface area (Å²) < 4.78 is 6.22. The number of aromatic nitrogens is 3. The highest BCUT2D eigenvalue weighted by molar-refractivity contribution is 5.91. The van der Waals surface area contributed by atoms with Crippen molar-refractivity contribution in [1.29, 1.82) is 0 Å². The molecule has 0 aliphatic heterocycles. The lowest BCUT2D eigenvalue weighted by molar-refractivity contribution is -0.143. The molecule has 88 valence electrons. The van der Waals surface area contributed by atoms with E-state index in [2.05, 4.69) is 10.3 Å². The first kappa shape index (κ1) is 12.2. The molecule has 0 aromatic carbocycles. The number of rotatable bonds is 5. The zero-order valence-electron chi connectivity index (χ0n) is 9.27. The molecule has 0 bridgehead atoms. The molecule has 16 heavy (non-hydrogen) atoms. The van der Waals surface area contributed by atoms with Crippen molar-refractivity contribution < 1.29 is 14.3 Å². The highest BCUT2D eigenvalue weighted by atomic mass is 16.5. The molecule has 1 heterocycles. The van der Waals surface area contributed by atoms with Crippen LogP contribution in [-0.2, 0) is 16.1 Å². The van der Waals surface area contributed by atoms with Crippen LogP contribution >= 0.6 is 0 Å². The summed E-state index contributed by atoms with van der Waals surface area (Å²) in [5.74, 6) is -0.932. The third-order valence-electron chi connectivity index (χ3n) is 2.05. The Kier molecular flexibility index (Phi) is 3.98. The van der Waals surface area contributed by atoms with Crippen LogP contribution in [0.5, 0.6) is 0 Å². The van der Waals surface area contributed by atoms with Gasteiger partial charge in [0.05, 0.1) is 25.3 Å². The van der Waals surface area contributed by atoms with Gasteiger partial charge >= 0.3 is 5.97 Å². The normalized spacial score (nSPS) is 10.1. The number of ether oxygens (including phenoxy) is 1. The molecule has 2 N–H and O–H groups in total. The molecule has 0 saturated heterocycles. The van der Waals surface area contributed by atoms with Crippen LogP contribution in [0.4, 0.5) is 0 Å². The fraction of sp³-hybridized carbons (Fsp3) is 0.556. The van der Waals surface area contributed by atoms with Gasteiger partial charge in [-0.15, -0.1) is 5.10 Å². The molecule has 7 heteroatoms. The van der Waals surface area contributed by atoms with Crippen molar-refractivity contribution in [2.75, 3.05) is 6.61 Å². The highest BCUT2D eigenvalue weighted by Crippen LogP contribution is 2.03. The van der Waals surface area contributed by atoms with Crippen molar-refractivity contribution in [3.8, 4) is 0 Å². The van der Waals surface area contributed by atoms with Crippen LogP contribution in [0.25, 0.3) is 0 Å². The minimum atomic E-state index is -0.625. The molecule has 1 aromatic rings. The second-order valence-electron chi connectivity index (χ2n) is 3.17. The standard InChI is InChI=1S/C9H14N4O3/c1-3-16-7(14)4-5-13-6(2)8(9(10)15)11-12-13/h3-5H2,1-2H3,(H2,10,15). The van der Waals surface area contributed by atoms with Crippen molar-refractivity contribution in [1.82, 2.24) is 15.0 Å². The monoisotopic (exact) mass is 226 g/mol. The van der Waals surface area contributed by atoms with Crippen LogP contribution in [0.2, 0.25) is 0 Å². The predicted octanol–water partition coefficient (Wildman–Crippen LogP) is -0.361. The summed E-state index contributed by atoms with van der Waals surface area (Å²) >= 11 is 0. The maximum Gasteiger partial charge on any atom is 0.307 e. The van der Waals surface area contributed by atoms with E-state index in [0.29, 0.717) is 18.8 Å². The fourth-order valence-electron chi connectivity index (χ4n) is 1.23. The number of amides is 1. The predicted molar refractivity (Wildman–Crippen MR) is 54.5 cm³/mol. The minimum absolute atomic E-state index is 0.129. The second kappa shape index (κ2) is 5.24. The number of carbonyl (C=O) groups is 2. The maximum atomic E-state index is 11.1. The van der Waals surface area contributed by atoms with Crippen LogP contribution in [0.15, 0.2) is 0 Å². The fourth-order valence-corrected chi connectivity index (χ4v) is 1.23. The minimum Gasteiger partial charge on any atom is -0.466 e. The number of carbonyl (C=O) groups excluding carboxylic acids is 2. The summed E-state index contributed by atoms with van der Waals surface area (Å²) in [5, 5.41) is 7.35. The van der Waals surface area contributed by atoms with E-state index in [9.17, 15) is 9.59 Å². The van der Waals surface area contributed by atoms with Crippen molar-refractivity contribution in [2.24, 2.45) is 5.73 Å². The molecule has 0 atom stereocenters. The molecule has 1 amide bonds. The van der Waals surface area contributed by atoms with E-state index in [0.717, 1.165) is 0 Å². The third-order valence-corrected chi connectivity index (χ3v) is 2.05. The summed E-state index contributed by atoms with van der Waals surface area (Å²) in [6.45, 7) is 4.09. The molecule has 0 radical (unpaired) electrons. The smallest absolute Gasteiger partial charge is 0.307 e. The lowest BCUT2D eigenvalue weighted by Gasteiger charge is -2.03. The number of nitrogens with zero attached hydrogens (tertiary/aromatic N) is 3. The van der Waals surface area contributed by atoms with E-state index in [1.54, 1.807) is 13.8 Å². The van der Waals surface area contributed by atoms with E-state index in [1.165, 1.54) is 4.68 Å². The summed E-state index contributed by atoms with van der Waals surface area (Å²) in [4.78, 5) is 22.0. The Labute approximate surface area is 92.6 Å². The second-order valence-corrected chi connectivity index (χ2v) is 3.17. The number of esters is 1. The summed E-state index contributed by atoms with van der Waals surface area (Å²) in [6, 6.07) is 0. The van der Waals surface area contributed by atoms with Gasteiger partial charge in [0, 0.05) is 0 Å². The first-order chi connectivity index (χ1) is 7.56. The summed E-state index contributed by atoms with van der Waals surface area (Å²) in [6.07, 6.45) is 0.191. The van der Waals surface area contributed by atoms with Gasteiger partial charge in [-0.05, 0) is 13.8 Å². The molecular weight excluding hydrogens is 212 g/mol. The van der Waals surface area contributed by atoms with Gasteiger partial charge in [0.2, 0.25) is 0 Å². The zero-order chi connectivity index (χ0) is 12.1. The SMILES string of the molecule is CCOC(=O)CCn1nnc(C(N)=O)c1C. The van der Waals surface area contributed by atoms with Crippen LogP contribution < -0.4 is 5.73 Å². The van der Waals surface area contributed by atoms with Crippen molar-refractivity contribution in [3.05, 3.63) is 11.4 Å². The molecule has 0 aliphatic rings. The Morgan fingerprint density at radius 1 is 1.50 bits per heavy atom. The van der Waals surface area contributed by atoms with E-state index in [1.807, 2.05) is 0 Å². The molecule has 0 spiro atoms. The topological polar surface area (TPSA) is 100 Å². The molecule has 0 unspecified atom stereocenters. The molecule has 0 fully saturated rings. The zero-order valence-corrected chi connectivity index (χ0v) is 9.27. The lowest BCUT2D eigenvalue weighted by atomic mass is 10.3. The van der Waals surface area contributed by atoms with Crippen molar-refractivity contribution >= 4 is 11.9 Å². The Hall–Kier alpha value is -1.92. The van der Waals surface area contributed by atoms with Crippen LogP contribution in [0.1, 0.15) is 29.5 Å². The Balaban J connectivity index is 2.61. The Bertz CT molecular complexity index is 399. The summed E-state index contributed by atoms with van der Waals surface area (Å²) in [5.41, 5.74) is 5.77. The van der Waals surface area contributed by atoms with Crippen LogP contribution in [0, 0.1) is 6.92 Å². The average molecular weight is 226 g/mol. The quantitative estimate of drug-likeness (QED) is 0.691. The van der Waals surface area contributed by atoms with Gasteiger partial charge in [0.1, 0.15) is 0 Å². The van der Waals surface area contributed by atoms with Gasteiger partial charge in [-0.3, -0.25) is 9.59 Å². The lowest BCUT2D eigenvalue weighted by Crippen LogP contribution is -2.14. The maximum absolute atomic E-state index is 11.1. The number of primary amides is 1. The molecule has 1 rings (SSSR count). The molecule has 0 aliphatic carbocycles. The summed E-state index contributed by atoms with van der Waals surface area (Å²) in [7, 11) is 0. The molecule has 1 aromatic heterocycles. The van der Waals surface area contributed by atoms with Gasteiger partial charge in [0.25, 0.3) is 5.91 Å². The van der Waals surface area contributed by atoms with E-state index >= 15 is 0 Å². The van der Waals surface area contributed by atoms with Crippen LogP contribution in [0.3, 0.4) is 0 Å². The van der Waals surface area contributed by atoms with Gasteiger partial charge < -0.3 is 10.5 Å². The molecular formula is C9H14N4O3. The van der Waals surface area contributed by atoms with E-state index in [4.69, 9.17) is 10.5 Å². The van der Waals surface area contributed by atoms with Gasteiger partial charge in [-0.1, -0.05) is 5.21 Å². The first-order valence-electron chi connectivity index (χ1n) is 4.91.